The van der Waals surface area contributed by atoms with E-state index >= 15 is 0 Å². The van der Waals surface area contributed by atoms with Crippen molar-refractivity contribution in [1.82, 2.24) is 5.32 Å². The van der Waals surface area contributed by atoms with Gasteiger partial charge < -0.3 is 19.6 Å². The van der Waals surface area contributed by atoms with Crippen LogP contribution in [0.1, 0.15) is 13.8 Å². The predicted octanol–water partition coefficient (Wildman–Crippen LogP) is 2.68. The highest BCUT2D eigenvalue weighted by Gasteiger charge is 2.06. The molecular weight excluding hydrogens is 254 g/mol. The second-order valence-corrected chi connectivity index (χ2v) is 5.03. The van der Waals surface area contributed by atoms with Gasteiger partial charge in [-0.1, -0.05) is 13.8 Å². The molecule has 2 aromatic rings. The molecule has 0 aliphatic carbocycles. The summed E-state index contributed by atoms with van der Waals surface area (Å²) in [5, 5.41) is 12.9. The van der Waals surface area contributed by atoms with Gasteiger partial charge in [0.25, 0.3) is 0 Å². The van der Waals surface area contributed by atoms with Crippen LogP contribution < -0.4 is 10.1 Å². The van der Waals surface area contributed by atoms with Gasteiger partial charge in [-0.3, -0.25) is 0 Å². The molecule has 20 heavy (non-hydrogen) atoms. The first-order chi connectivity index (χ1) is 9.65. The van der Waals surface area contributed by atoms with Gasteiger partial charge in [0.1, 0.15) is 24.2 Å². The van der Waals surface area contributed by atoms with E-state index in [9.17, 15) is 5.11 Å². The van der Waals surface area contributed by atoms with E-state index in [0.29, 0.717) is 12.6 Å². The largest absolute Gasteiger partial charge is 0.491 e. The highest BCUT2D eigenvalue weighted by Crippen LogP contribution is 2.22. The summed E-state index contributed by atoms with van der Waals surface area (Å²) in [5.74, 6) is 1.57. The summed E-state index contributed by atoms with van der Waals surface area (Å²) in [6.07, 6.45) is 1.14. The Labute approximate surface area is 119 Å². The maximum Gasteiger partial charge on any atom is 0.133 e. The molecule has 0 radical (unpaired) electrons. The van der Waals surface area contributed by atoms with Crippen LogP contribution >= 0.6 is 0 Å². The summed E-state index contributed by atoms with van der Waals surface area (Å²) in [4.78, 5) is 0. The monoisotopic (exact) mass is 275 g/mol. The number of hydrogen-bond acceptors (Lipinski definition) is 4. The van der Waals surface area contributed by atoms with Crippen molar-refractivity contribution in [3.05, 3.63) is 42.7 Å². The van der Waals surface area contributed by atoms with Crippen molar-refractivity contribution in [3.63, 3.8) is 0 Å². The Hall–Kier alpha value is -1.78. The van der Waals surface area contributed by atoms with E-state index in [2.05, 4.69) is 5.32 Å². The lowest BCUT2D eigenvalue weighted by atomic mass is 10.2. The molecular formula is C16H21NO3. The topological polar surface area (TPSA) is 54.6 Å². The number of nitrogens with one attached hydrogen (secondary N) is 1. The fourth-order valence-corrected chi connectivity index (χ4v) is 1.78. The molecule has 1 aromatic heterocycles. The SMILES string of the molecule is CC(C)NCC(O)COc1ccc(-c2ccco2)cc1. The second kappa shape index (κ2) is 7.12. The molecule has 0 saturated carbocycles. The van der Waals surface area contributed by atoms with Crippen LogP contribution in [-0.4, -0.2) is 30.4 Å². The molecule has 108 valence electrons. The van der Waals surface area contributed by atoms with Gasteiger partial charge in [-0.2, -0.15) is 0 Å². The summed E-state index contributed by atoms with van der Waals surface area (Å²) >= 11 is 0. The van der Waals surface area contributed by atoms with Gasteiger partial charge in [0.15, 0.2) is 0 Å². The standard InChI is InChI=1S/C16H21NO3/c1-12(2)17-10-14(18)11-20-15-7-5-13(6-8-15)16-4-3-9-19-16/h3-9,12,14,17-18H,10-11H2,1-2H3. The fraction of sp³-hybridized carbons (Fsp3) is 0.375. The maximum atomic E-state index is 9.76. The number of aliphatic hydroxyl groups is 1. The predicted molar refractivity (Wildman–Crippen MR) is 78.8 cm³/mol. The van der Waals surface area contributed by atoms with Crippen LogP contribution in [0.25, 0.3) is 11.3 Å². The molecule has 2 N–H and O–H groups in total. The lowest BCUT2D eigenvalue weighted by Crippen LogP contribution is -2.35. The van der Waals surface area contributed by atoms with E-state index in [1.807, 2.05) is 50.2 Å². The summed E-state index contributed by atoms with van der Waals surface area (Å²) in [7, 11) is 0. The number of furan rings is 1. The summed E-state index contributed by atoms with van der Waals surface area (Å²) in [5.41, 5.74) is 1.00. The van der Waals surface area contributed by atoms with Crippen molar-refractivity contribution >= 4 is 0 Å². The zero-order valence-electron chi connectivity index (χ0n) is 11.9. The minimum Gasteiger partial charge on any atom is -0.491 e. The Balaban J connectivity index is 1.82. The molecule has 0 aliphatic heterocycles. The molecule has 4 nitrogen and oxygen atoms in total. The average Bonchev–Trinajstić information content (AvgIpc) is 2.97. The normalized spacial score (nSPS) is 12.6. The number of ether oxygens (including phenoxy) is 1. The highest BCUT2D eigenvalue weighted by molar-refractivity contribution is 5.58. The van der Waals surface area contributed by atoms with Crippen LogP contribution in [0.15, 0.2) is 47.1 Å². The zero-order valence-corrected chi connectivity index (χ0v) is 11.9. The van der Waals surface area contributed by atoms with Gasteiger partial charge in [0.2, 0.25) is 0 Å². The van der Waals surface area contributed by atoms with Crippen LogP contribution in [-0.2, 0) is 0 Å². The van der Waals surface area contributed by atoms with E-state index in [-0.39, 0.29) is 6.61 Å². The molecule has 0 bridgehead atoms. The Morgan fingerprint density at radius 2 is 1.95 bits per heavy atom. The fourth-order valence-electron chi connectivity index (χ4n) is 1.78. The zero-order chi connectivity index (χ0) is 14.4. The first-order valence-electron chi connectivity index (χ1n) is 6.83. The molecule has 2 rings (SSSR count). The Bertz CT molecular complexity index is 491. The molecule has 0 fully saturated rings. The number of rotatable bonds is 7. The van der Waals surface area contributed by atoms with Gasteiger partial charge in [-0.05, 0) is 36.4 Å². The van der Waals surface area contributed by atoms with Crippen LogP contribution in [0.4, 0.5) is 0 Å². The third-order valence-corrected chi connectivity index (χ3v) is 2.86. The van der Waals surface area contributed by atoms with Gasteiger partial charge in [-0.15, -0.1) is 0 Å². The molecule has 1 aromatic carbocycles. The molecule has 0 aliphatic rings. The molecule has 1 heterocycles. The van der Waals surface area contributed by atoms with Crippen molar-refractivity contribution in [3.8, 4) is 17.1 Å². The lowest BCUT2D eigenvalue weighted by Gasteiger charge is -2.15. The Kier molecular flexibility index (Phi) is 5.21. The summed E-state index contributed by atoms with van der Waals surface area (Å²) in [6, 6.07) is 11.8. The maximum absolute atomic E-state index is 9.76. The van der Waals surface area contributed by atoms with Gasteiger partial charge in [0, 0.05) is 18.2 Å². The molecule has 1 atom stereocenters. The van der Waals surface area contributed by atoms with Gasteiger partial charge in [0.05, 0.1) is 6.26 Å². The number of aliphatic hydroxyl groups excluding tert-OH is 1. The van der Waals surface area contributed by atoms with Crippen LogP contribution in [0.5, 0.6) is 5.75 Å². The number of benzene rings is 1. The molecule has 0 spiro atoms. The van der Waals surface area contributed by atoms with E-state index in [1.165, 1.54) is 0 Å². The molecule has 1 unspecified atom stereocenters. The van der Waals surface area contributed by atoms with E-state index in [1.54, 1.807) is 6.26 Å². The van der Waals surface area contributed by atoms with Crippen molar-refractivity contribution in [2.45, 2.75) is 26.0 Å². The first kappa shape index (κ1) is 14.6. The van der Waals surface area contributed by atoms with Crippen LogP contribution in [0.3, 0.4) is 0 Å². The van der Waals surface area contributed by atoms with Crippen molar-refractivity contribution in [1.29, 1.82) is 0 Å². The smallest absolute Gasteiger partial charge is 0.133 e. The Morgan fingerprint density at radius 3 is 2.55 bits per heavy atom. The second-order valence-electron chi connectivity index (χ2n) is 5.03. The lowest BCUT2D eigenvalue weighted by molar-refractivity contribution is 0.104. The van der Waals surface area contributed by atoms with Crippen molar-refractivity contribution < 1.29 is 14.3 Å². The average molecular weight is 275 g/mol. The van der Waals surface area contributed by atoms with E-state index < -0.39 is 6.10 Å². The summed E-state index contributed by atoms with van der Waals surface area (Å²) < 4.78 is 10.9. The summed E-state index contributed by atoms with van der Waals surface area (Å²) in [6.45, 7) is 4.89. The van der Waals surface area contributed by atoms with Crippen molar-refractivity contribution in [2.24, 2.45) is 0 Å². The minimum absolute atomic E-state index is 0.278. The third-order valence-electron chi connectivity index (χ3n) is 2.86. The van der Waals surface area contributed by atoms with E-state index in [0.717, 1.165) is 17.1 Å². The van der Waals surface area contributed by atoms with E-state index in [4.69, 9.17) is 9.15 Å². The first-order valence-corrected chi connectivity index (χ1v) is 6.83. The van der Waals surface area contributed by atoms with Gasteiger partial charge >= 0.3 is 0 Å². The molecule has 4 heteroatoms. The van der Waals surface area contributed by atoms with Gasteiger partial charge in [-0.25, -0.2) is 0 Å². The van der Waals surface area contributed by atoms with Crippen molar-refractivity contribution in [2.75, 3.05) is 13.2 Å². The molecule has 0 saturated heterocycles. The third kappa shape index (κ3) is 4.40. The minimum atomic E-state index is -0.512. The highest BCUT2D eigenvalue weighted by atomic mass is 16.5. The Morgan fingerprint density at radius 1 is 1.20 bits per heavy atom. The van der Waals surface area contributed by atoms with Crippen LogP contribution in [0.2, 0.25) is 0 Å². The van der Waals surface area contributed by atoms with Crippen LogP contribution in [0, 0.1) is 0 Å². The quantitative estimate of drug-likeness (QED) is 0.815. The molecule has 0 amide bonds. The number of hydrogen-bond donors (Lipinski definition) is 2.